The maximum absolute atomic E-state index is 13.0. The van der Waals surface area contributed by atoms with Crippen LogP contribution in [-0.4, -0.2) is 29.7 Å². The molecule has 0 aliphatic rings. The molecule has 1 N–H and O–H groups in total. The standard InChI is InChI=1S/C22H25N3O3/c1-14-11-20(16(3)25(14)17-7-6-10-23-13-17)22(26)24-15(2)19-9-8-18(27-4)12-21(19)28-5/h6-13,15H,1-5H3,(H,24,26)/t15-/m1/s1. The van der Waals surface area contributed by atoms with Crippen LogP contribution in [0.4, 0.5) is 0 Å². The van der Waals surface area contributed by atoms with Crippen molar-refractivity contribution in [1.82, 2.24) is 14.9 Å². The van der Waals surface area contributed by atoms with Crippen molar-refractivity contribution in [2.24, 2.45) is 0 Å². The molecule has 146 valence electrons. The van der Waals surface area contributed by atoms with E-state index in [0.29, 0.717) is 17.1 Å². The van der Waals surface area contributed by atoms with Crippen molar-refractivity contribution in [2.75, 3.05) is 14.2 Å². The van der Waals surface area contributed by atoms with Crippen LogP contribution in [0.2, 0.25) is 0 Å². The number of rotatable bonds is 6. The molecular formula is C22H25N3O3. The lowest BCUT2D eigenvalue weighted by molar-refractivity contribution is 0.0939. The molecule has 0 radical (unpaired) electrons. The summed E-state index contributed by atoms with van der Waals surface area (Å²) in [6.07, 6.45) is 3.52. The van der Waals surface area contributed by atoms with Gasteiger partial charge in [0, 0.05) is 29.2 Å². The first-order valence-electron chi connectivity index (χ1n) is 9.08. The van der Waals surface area contributed by atoms with Gasteiger partial charge in [0.15, 0.2) is 0 Å². The molecule has 0 bridgehead atoms. The van der Waals surface area contributed by atoms with Crippen LogP contribution < -0.4 is 14.8 Å². The molecule has 6 nitrogen and oxygen atoms in total. The minimum Gasteiger partial charge on any atom is -0.497 e. The number of ether oxygens (including phenoxy) is 2. The number of hydrogen-bond donors (Lipinski definition) is 1. The van der Waals surface area contributed by atoms with E-state index in [2.05, 4.69) is 10.3 Å². The molecule has 3 aromatic rings. The van der Waals surface area contributed by atoms with Crippen molar-refractivity contribution in [3.8, 4) is 17.2 Å². The number of nitrogens with one attached hydrogen (secondary N) is 1. The summed E-state index contributed by atoms with van der Waals surface area (Å²) >= 11 is 0. The SMILES string of the molecule is COc1ccc([C@@H](C)NC(=O)c2cc(C)n(-c3cccnc3)c2C)c(OC)c1. The van der Waals surface area contributed by atoms with Gasteiger partial charge in [-0.15, -0.1) is 0 Å². The topological polar surface area (TPSA) is 65.4 Å². The Labute approximate surface area is 165 Å². The Morgan fingerprint density at radius 3 is 2.57 bits per heavy atom. The highest BCUT2D eigenvalue weighted by Gasteiger charge is 2.20. The normalized spacial score (nSPS) is 11.8. The molecule has 0 aliphatic carbocycles. The number of methoxy groups -OCH3 is 2. The van der Waals surface area contributed by atoms with Gasteiger partial charge in [-0.05, 0) is 51.1 Å². The van der Waals surface area contributed by atoms with Crippen molar-refractivity contribution >= 4 is 5.91 Å². The van der Waals surface area contributed by atoms with Crippen LogP contribution in [0, 0.1) is 13.8 Å². The summed E-state index contributed by atoms with van der Waals surface area (Å²) in [6.45, 7) is 5.85. The van der Waals surface area contributed by atoms with E-state index < -0.39 is 0 Å². The summed E-state index contributed by atoms with van der Waals surface area (Å²) in [5.41, 5.74) is 4.31. The fourth-order valence-electron chi connectivity index (χ4n) is 3.40. The predicted molar refractivity (Wildman–Crippen MR) is 108 cm³/mol. The van der Waals surface area contributed by atoms with Gasteiger partial charge in [-0.2, -0.15) is 0 Å². The molecule has 28 heavy (non-hydrogen) atoms. The number of nitrogens with zero attached hydrogens (tertiary/aromatic N) is 2. The molecule has 2 aromatic heterocycles. The highest BCUT2D eigenvalue weighted by Crippen LogP contribution is 2.30. The van der Waals surface area contributed by atoms with Gasteiger partial charge < -0.3 is 19.4 Å². The monoisotopic (exact) mass is 379 g/mol. The Hall–Kier alpha value is -3.28. The third kappa shape index (κ3) is 3.71. The van der Waals surface area contributed by atoms with E-state index in [4.69, 9.17) is 9.47 Å². The van der Waals surface area contributed by atoms with Crippen LogP contribution >= 0.6 is 0 Å². The van der Waals surface area contributed by atoms with Gasteiger partial charge in [0.1, 0.15) is 11.5 Å². The largest absolute Gasteiger partial charge is 0.497 e. The van der Waals surface area contributed by atoms with Gasteiger partial charge in [-0.3, -0.25) is 9.78 Å². The van der Waals surface area contributed by atoms with Gasteiger partial charge in [-0.25, -0.2) is 0 Å². The van der Waals surface area contributed by atoms with Gasteiger partial charge in [0.05, 0.1) is 37.7 Å². The number of amides is 1. The molecule has 1 aromatic carbocycles. The third-order valence-electron chi connectivity index (χ3n) is 4.83. The Morgan fingerprint density at radius 1 is 1.14 bits per heavy atom. The second-order valence-corrected chi connectivity index (χ2v) is 6.63. The van der Waals surface area contributed by atoms with Crippen molar-refractivity contribution in [3.05, 3.63) is 71.3 Å². The quantitative estimate of drug-likeness (QED) is 0.703. The van der Waals surface area contributed by atoms with E-state index in [0.717, 1.165) is 22.6 Å². The first kappa shape index (κ1) is 19.5. The highest BCUT2D eigenvalue weighted by atomic mass is 16.5. The fourth-order valence-corrected chi connectivity index (χ4v) is 3.40. The first-order valence-corrected chi connectivity index (χ1v) is 9.08. The van der Waals surface area contributed by atoms with E-state index >= 15 is 0 Å². The lowest BCUT2D eigenvalue weighted by atomic mass is 10.1. The number of aromatic nitrogens is 2. The molecular weight excluding hydrogens is 354 g/mol. The van der Waals surface area contributed by atoms with Crippen LogP contribution in [0.15, 0.2) is 48.8 Å². The maximum atomic E-state index is 13.0. The third-order valence-corrected chi connectivity index (χ3v) is 4.83. The average Bonchev–Trinajstić information content (AvgIpc) is 3.02. The molecule has 0 spiro atoms. The maximum Gasteiger partial charge on any atom is 0.253 e. The van der Waals surface area contributed by atoms with Crippen molar-refractivity contribution in [1.29, 1.82) is 0 Å². The minimum absolute atomic E-state index is 0.131. The summed E-state index contributed by atoms with van der Waals surface area (Å²) < 4.78 is 12.7. The number of benzene rings is 1. The number of hydrogen-bond acceptors (Lipinski definition) is 4. The van der Waals surface area contributed by atoms with Crippen LogP contribution in [0.1, 0.15) is 40.3 Å². The molecule has 0 saturated heterocycles. The smallest absolute Gasteiger partial charge is 0.253 e. The number of carbonyl (C=O) groups excluding carboxylic acids is 1. The Balaban J connectivity index is 1.86. The number of pyridine rings is 1. The van der Waals surface area contributed by atoms with Crippen molar-refractivity contribution < 1.29 is 14.3 Å². The second-order valence-electron chi connectivity index (χ2n) is 6.63. The zero-order chi connectivity index (χ0) is 20.3. The fraction of sp³-hybridized carbons (Fsp3) is 0.273. The van der Waals surface area contributed by atoms with E-state index in [-0.39, 0.29) is 11.9 Å². The van der Waals surface area contributed by atoms with Crippen molar-refractivity contribution in [2.45, 2.75) is 26.8 Å². The van der Waals surface area contributed by atoms with Gasteiger partial charge in [0.25, 0.3) is 5.91 Å². The predicted octanol–water partition coefficient (Wildman–Crippen LogP) is 4.00. The second kappa shape index (κ2) is 8.17. The number of carbonyl (C=O) groups is 1. The summed E-state index contributed by atoms with van der Waals surface area (Å²) in [5, 5.41) is 3.07. The molecule has 2 heterocycles. The van der Waals surface area contributed by atoms with Gasteiger partial charge in [-0.1, -0.05) is 0 Å². The lowest BCUT2D eigenvalue weighted by Gasteiger charge is -2.18. The van der Waals surface area contributed by atoms with Crippen molar-refractivity contribution in [3.63, 3.8) is 0 Å². The summed E-state index contributed by atoms with van der Waals surface area (Å²) in [7, 11) is 3.21. The molecule has 0 fully saturated rings. The Morgan fingerprint density at radius 2 is 1.93 bits per heavy atom. The average molecular weight is 379 g/mol. The van der Waals surface area contributed by atoms with Gasteiger partial charge in [0.2, 0.25) is 0 Å². The van der Waals surface area contributed by atoms with Crippen LogP contribution in [0.25, 0.3) is 5.69 Å². The summed E-state index contributed by atoms with van der Waals surface area (Å²) in [4.78, 5) is 17.1. The van der Waals surface area contributed by atoms with Crippen LogP contribution in [-0.2, 0) is 0 Å². The molecule has 0 saturated carbocycles. The number of aryl methyl sites for hydroxylation is 1. The first-order chi connectivity index (χ1) is 13.5. The lowest BCUT2D eigenvalue weighted by Crippen LogP contribution is -2.27. The summed E-state index contributed by atoms with van der Waals surface area (Å²) in [5.74, 6) is 1.25. The molecule has 3 rings (SSSR count). The van der Waals surface area contributed by atoms with E-state index in [1.54, 1.807) is 26.6 Å². The van der Waals surface area contributed by atoms with Crippen LogP contribution in [0.3, 0.4) is 0 Å². The Kier molecular flexibility index (Phi) is 5.68. The highest BCUT2D eigenvalue weighted by molar-refractivity contribution is 5.96. The van der Waals surface area contributed by atoms with E-state index in [1.807, 2.05) is 61.7 Å². The van der Waals surface area contributed by atoms with E-state index in [1.165, 1.54) is 0 Å². The van der Waals surface area contributed by atoms with Gasteiger partial charge >= 0.3 is 0 Å². The molecule has 0 aliphatic heterocycles. The Bertz CT molecular complexity index is 980. The molecule has 1 atom stereocenters. The van der Waals surface area contributed by atoms with Crippen LogP contribution in [0.5, 0.6) is 11.5 Å². The molecule has 0 unspecified atom stereocenters. The zero-order valence-electron chi connectivity index (χ0n) is 16.8. The molecule has 6 heteroatoms. The van der Waals surface area contributed by atoms with E-state index in [9.17, 15) is 4.79 Å². The summed E-state index contributed by atoms with van der Waals surface area (Å²) in [6, 6.07) is 11.1. The zero-order valence-corrected chi connectivity index (χ0v) is 16.8. The molecule has 1 amide bonds. The minimum atomic E-state index is -0.227.